The molecule has 3 rings (SSSR count). The van der Waals surface area contributed by atoms with Crippen molar-refractivity contribution < 1.29 is 24.7 Å². The maximum Gasteiger partial charge on any atom is 0.407 e. The lowest BCUT2D eigenvalue weighted by molar-refractivity contribution is 0.0253. The first kappa shape index (κ1) is 29.5. The topological polar surface area (TPSA) is 73.6 Å². The number of benzene rings is 2. The number of fused-ring (bicyclic) bond motifs is 3. The largest absolute Gasteiger partial charge is 0.449 e. The molecule has 0 bridgehead atoms. The highest BCUT2D eigenvalue weighted by atomic mass is 31.2. The van der Waals surface area contributed by atoms with Crippen LogP contribution < -0.4 is 5.32 Å². The number of nitrogens with zero attached hydrogens (tertiary/aromatic N) is 2. The van der Waals surface area contributed by atoms with E-state index in [9.17, 15) is 4.79 Å². The predicted octanol–water partition coefficient (Wildman–Crippen LogP) is 6.62. The van der Waals surface area contributed by atoms with Gasteiger partial charge in [0.05, 0.1) is 12.7 Å². The second kappa shape index (κ2) is 15.9. The van der Waals surface area contributed by atoms with Gasteiger partial charge in [0.15, 0.2) is 0 Å². The summed E-state index contributed by atoms with van der Waals surface area (Å²) in [5.74, 6) is 0.0254. The lowest BCUT2D eigenvalue weighted by Crippen LogP contribution is -2.34. The highest BCUT2D eigenvalue weighted by Crippen LogP contribution is 2.46. The number of amides is 1. The molecular formula is C30H42N3O5P. The van der Waals surface area contributed by atoms with Crippen LogP contribution in [0.25, 0.3) is 16.0 Å². The van der Waals surface area contributed by atoms with E-state index in [0.717, 1.165) is 0 Å². The van der Waals surface area contributed by atoms with Crippen LogP contribution in [0.5, 0.6) is 0 Å². The van der Waals surface area contributed by atoms with Crippen molar-refractivity contribution in [2.24, 2.45) is 0 Å². The Morgan fingerprint density at radius 1 is 1.05 bits per heavy atom. The molecule has 0 heterocycles. The number of hydrogen-bond acceptors (Lipinski definition) is 6. The Bertz CT molecular complexity index is 1060. The predicted molar refractivity (Wildman–Crippen MR) is 156 cm³/mol. The van der Waals surface area contributed by atoms with E-state index >= 15 is 0 Å². The van der Waals surface area contributed by atoms with E-state index in [1.54, 1.807) is 0 Å². The Labute approximate surface area is 236 Å². The van der Waals surface area contributed by atoms with Crippen LogP contribution >= 0.6 is 8.53 Å². The van der Waals surface area contributed by atoms with Gasteiger partial charge in [-0.05, 0) is 63.3 Å². The second-order valence-corrected chi connectivity index (χ2v) is 11.4. The Morgan fingerprint density at radius 3 is 2.28 bits per heavy atom. The molecule has 39 heavy (non-hydrogen) atoms. The van der Waals surface area contributed by atoms with Gasteiger partial charge >= 0.3 is 6.09 Å². The minimum atomic E-state index is -1.37. The van der Waals surface area contributed by atoms with Crippen molar-refractivity contribution in [3.8, 4) is 11.1 Å². The molecule has 1 aliphatic carbocycles. The van der Waals surface area contributed by atoms with Gasteiger partial charge in [-0.2, -0.15) is 0 Å². The summed E-state index contributed by atoms with van der Waals surface area (Å²) < 4.78 is 33.4. The summed E-state index contributed by atoms with van der Waals surface area (Å²) in [4.78, 5) is 15.7. The normalized spacial score (nSPS) is 14.6. The van der Waals surface area contributed by atoms with Gasteiger partial charge in [0, 0.05) is 32.5 Å². The van der Waals surface area contributed by atoms with Crippen LogP contribution in [0.2, 0.25) is 0 Å². The number of carbonyl (C=O) groups excluding carboxylic acids is 1. The summed E-state index contributed by atoms with van der Waals surface area (Å²) in [6.45, 7) is 17.2. The zero-order chi connectivity index (χ0) is 28.9. The molecule has 9 heteroatoms. The van der Waals surface area contributed by atoms with E-state index in [-0.39, 0.29) is 44.7 Å². The zero-order valence-electron chi connectivity index (χ0n) is 24.5. The van der Waals surface area contributed by atoms with Crippen LogP contribution in [-0.2, 0) is 18.5 Å². The van der Waals surface area contributed by atoms with Crippen molar-refractivity contribution in [1.82, 2.24) is 9.99 Å². The average molecular weight is 557 g/mol. The zero-order valence-corrected chi connectivity index (χ0v) is 24.4. The molecule has 1 unspecified atom stereocenters. The molecule has 1 aliphatic rings. The van der Waals surface area contributed by atoms with E-state index in [1.807, 2.05) is 24.3 Å². The molecule has 8 nitrogen and oxygen atoms in total. The minimum Gasteiger partial charge on any atom is -0.449 e. The SMILES string of the molecule is [2H]C[C@@H](COP(OCC[N+]#[C-])N(C(C)C)C(C)C)OCCCNC(=O)OCC1c2ccccc2-c2ccccc21. The summed E-state index contributed by atoms with van der Waals surface area (Å²) in [7, 11) is -1.37. The Balaban J connectivity index is 1.38. The van der Waals surface area contributed by atoms with E-state index in [4.69, 9.17) is 26.5 Å². The minimum absolute atomic E-state index is 0.0254. The Kier molecular flexibility index (Phi) is 12.0. The number of hydrogen-bond donors (Lipinski definition) is 1. The summed E-state index contributed by atoms with van der Waals surface area (Å²) in [6.07, 6.45) is -0.279. The van der Waals surface area contributed by atoms with E-state index in [0.29, 0.717) is 26.2 Å². The summed E-state index contributed by atoms with van der Waals surface area (Å²) >= 11 is 0. The molecule has 0 aromatic heterocycles. The van der Waals surface area contributed by atoms with Gasteiger partial charge in [0.2, 0.25) is 6.54 Å². The fraction of sp³-hybridized carbons (Fsp3) is 0.533. The van der Waals surface area contributed by atoms with E-state index in [2.05, 4.69) is 66.8 Å². The Morgan fingerprint density at radius 2 is 1.69 bits per heavy atom. The summed E-state index contributed by atoms with van der Waals surface area (Å²) in [5, 5.41) is 2.80. The second-order valence-electron chi connectivity index (χ2n) is 9.91. The third-order valence-electron chi connectivity index (χ3n) is 6.31. The van der Waals surface area contributed by atoms with Gasteiger partial charge in [-0.15, -0.1) is 0 Å². The third kappa shape index (κ3) is 8.99. The van der Waals surface area contributed by atoms with Gasteiger partial charge < -0.3 is 28.7 Å². The van der Waals surface area contributed by atoms with Crippen LogP contribution in [0.4, 0.5) is 4.79 Å². The monoisotopic (exact) mass is 556 g/mol. The van der Waals surface area contributed by atoms with Gasteiger partial charge in [0.25, 0.3) is 8.53 Å². The van der Waals surface area contributed by atoms with Crippen molar-refractivity contribution in [1.29, 1.82) is 0 Å². The highest BCUT2D eigenvalue weighted by molar-refractivity contribution is 7.44. The summed E-state index contributed by atoms with van der Waals surface area (Å²) in [5.41, 5.74) is 4.75. The molecular weight excluding hydrogens is 513 g/mol. The van der Waals surface area contributed by atoms with Crippen molar-refractivity contribution in [3.63, 3.8) is 0 Å². The number of carbonyl (C=O) groups is 1. The van der Waals surface area contributed by atoms with Crippen LogP contribution in [0.3, 0.4) is 0 Å². The highest BCUT2D eigenvalue weighted by Gasteiger charge is 2.29. The van der Waals surface area contributed by atoms with Crippen LogP contribution in [0.1, 0.15) is 59.4 Å². The first-order valence-electron chi connectivity index (χ1n) is 14.2. The molecule has 0 saturated heterocycles. The van der Waals surface area contributed by atoms with E-state index in [1.165, 1.54) is 22.3 Å². The quantitative estimate of drug-likeness (QED) is 0.142. The first-order valence-corrected chi connectivity index (χ1v) is 14.7. The maximum absolute atomic E-state index is 12.4. The maximum atomic E-state index is 12.4. The molecule has 0 spiro atoms. The average Bonchev–Trinajstić information content (AvgIpc) is 3.26. The van der Waals surface area contributed by atoms with Crippen molar-refractivity contribution in [2.75, 3.05) is 39.5 Å². The van der Waals surface area contributed by atoms with Crippen molar-refractivity contribution >= 4 is 14.6 Å². The number of alkyl carbamates (subject to hydrolysis) is 1. The molecule has 2 atom stereocenters. The van der Waals surface area contributed by atoms with Gasteiger partial charge in [-0.3, -0.25) is 0 Å². The Hall–Kier alpha value is -2.53. The molecule has 1 amide bonds. The number of nitrogens with one attached hydrogen (secondary N) is 1. The lowest BCUT2D eigenvalue weighted by Gasteiger charge is -2.35. The van der Waals surface area contributed by atoms with Gasteiger partial charge in [-0.25, -0.2) is 16.0 Å². The molecule has 2 aromatic rings. The van der Waals surface area contributed by atoms with Crippen molar-refractivity contribution in [3.05, 3.63) is 71.1 Å². The fourth-order valence-electron chi connectivity index (χ4n) is 4.67. The first-order chi connectivity index (χ1) is 19.4. The summed E-state index contributed by atoms with van der Waals surface area (Å²) in [6, 6.07) is 16.9. The van der Waals surface area contributed by atoms with Gasteiger partial charge in [0.1, 0.15) is 13.2 Å². The lowest BCUT2D eigenvalue weighted by atomic mass is 9.98. The number of rotatable bonds is 16. The molecule has 212 valence electrons. The molecule has 0 radical (unpaired) electrons. The standard InChI is InChI=1S/C30H42N3O5P/c1-22(2)33(23(3)4)39(37-19-17-31-6)38-20-24(5)35-18-11-16-32-30(34)36-21-29-27-14-9-7-12-25(27)26-13-8-10-15-28(26)29/h7-10,12-15,22-24,29H,11,16-21H2,1-5H3,(H,32,34)/t24-,39?/m0/s1/i5D. The molecule has 0 aliphatic heterocycles. The van der Waals surface area contributed by atoms with Crippen molar-refractivity contribution in [2.45, 2.75) is 65.1 Å². The van der Waals surface area contributed by atoms with Crippen LogP contribution in [-0.4, -0.2) is 68.5 Å². The fourth-order valence-corrected chi connectivity index (χ4v) is 6.29. The molecule has 1 N–H and O–H groups in total. The smallest absolute Gasteiger partial charge is 0.407 e. The third-order valence-corrected chi connectivity index (χ3v) is 8.38. The van der Waals surface area contributed by atoms with Gasteiger partial charge in [-0.1, -0.05) is 48.5 Å². The van der Waals surface area contributed by atoms with Crippen LogP contribution in [0.15, 0.2) is 48.5 Å². The molecule has 2 aromatic carbocycles. The van der Waals surface area contributed by atoms with E-state index < -0.39 is 20.7 Å². The molecule has 0 saturated carbocycles. The van der Waals surface area contributed by atoms with Crippen LogP contribution in [0, 0.1) is 6.57 Å². The molecule has 0 fully saturated rings. The number of ether oxygens (including phenoxy) is 2.